The van der Waals surface area contributed by atoms with Gasteiger partial charge in [0, 0.05) is 0 Å². The van der Waals surface area contributed by atoms with E-state index >= 15 is 0 Å². The largest absolute Gasteiger partial charge is 0.419 e. The summed E-state index contributed by atoms with van der Waals surface area (Å²) >= 11 is 0. The van der Waals surface area contributed by atoms with Gasteiger partial charge in [0.05, 0.1) is 11.2 Å². The normalized spacial score (nSPS) is 26.7. The lowest BCUT2D eigenvalue weighted by Gasteiger charge is -2.37. The molecule has 1 saturated carbocycles. The van der Waals surface area contributed by atoms with Crippen LogP contribution < -0.4 is 0 Å². The second-order valence-electron chi connectivity index (χ2n) is 5.79. The topological polar surface area (TPSA) is 20.2 Å². The Balaban J connectivity index is 2.46. The average Bonchev–Trinajstić information content (AvgIpc) is 2.52. The Hall–Kier alpha value is -1.10. The van der Waals surface area contributed by atoms with Crippen molar-refractivity contribution < 1.29 is 22.7 Å². The van der Waals surface area contributed by atoms with Gasteiger partial charge in [0.2, 0.25) is 0 Å². The third-order valence-corrected chi connectivity index (χ3v) is 4.21. The number of alkyl halides is 3. The molecule has 0 spiro atoms. The maximum absolute atomic E-state index is 13.6. The smallest absolute Gasteiger partial charge is 0.385 e. The van der Waals surface area contributed by atoms with Crippen LogP contribution in [-0.4, -0.2) is 5.11 Å². The van der Waals surface area contributed by atoms with Crippen LogP contribution in [0.25, 0.3) is 0 Å². The molecule has 0 heterocycles. The van der Waals surface area contributed by atoms with Crippen molar-refractivity contribution in [3.8, 4) is 0 Å². The fourth-order valence-corrected chi connectivity index (χ4v) is 2.87. The Kier molecular flexibility index (Phi) is 3.16. The van der Waals surface area contributed by atoms with Crippen LogP contribution in [0.4, 0.5) is 17.6 Å². The predicted molar refractivity (Wildman–Crippen MR) is 62.9 cm³/mol. The van der Waals surface area contributed by atoms with Gasteiger partial charge in [0.25, 0.3) is 0 Å². The summed E-state index contributed by atoms with van der Waals surface area (Å²) in [6.45, 7) is 3.69. The van der Waals surface area contributed by atoms with Crippen molar-refractivity contribution in [2.75, 3.05) is 0 Å². The van der Waals surface area contributed by atoms with Crippen LogP contribution in [0, 0.1) is 11.2 Å². The molecular weight excluding hydrogens is 260 g/mol. The summed E-state index contributed by atoms with van der Waals surface area (Å²) in [7, 11) is 0. The zero-order valence-corrected chi connectivity index (χ0v) is 10.8. The molecule has 1 unspecified atom stereocenters. The molecule has 0 aromatic heterocycles. The van der Waals surface area contributed by atoms with Crippen molar-refractivity contribution in [3.63, 3.8) is 0 Å². The van der Waals surface area contributed by atoms with E-state index in [1.165, 1.54) is 6.07 Å². The molecule has 0 amide bonds. The fourth-order valence-electron chi connectivity index (χ4n) is 2.87. The third kappa shape index (κ3) is 2.24. The number of aliphatic hydroxyl groups is 1. The molecule has 0 aliphatic heterocycles. The van der Waals surface area contributed by atoms with E-state index < -0.39 is 28.6 Å². The first-order valence-corrected chi connectivity index (χ1v) is 6.17. The highest BCUT2D eigenvalue weighted by molar-refractivity contribution is 5.32. The molecule has 2 rings (SSSR count). The first kappa shape index (κ1) is 14.3. The van der Waals surface area contributed by atoms with E-state index in [-0.39, 0.29) is 5.56 Å². The van der Waals surface area contributed by atoms with E-state index in [0.717, 1.165) is 18.9 Å². The molecule has 0 saturated heterocycles. The van der Waals surface area contributed by atoms with Gasteiger partial charge in [-0.15, -0.1) is 0 Å². The standard InChI is InChI=1S/C14H16F4O/c1-12(2)6-3-7-13(12,19)9-4-5-10(11(15)8-9)14(16,17)18/h4-5,8,19H,3,6-7H2,1-2H3. The molecular formula is C14H16F4O. The van der Waals surface area contributed by atoms with Crippen molar-refractivity contribution in [1.29, 1.82) is 0 Å². The van der Waals surface area contributed by atoms with Crippen molar-refractivity contribution in [1.82, 2.24) is 0 Å². The average molecular weight is 276 g/mol. The van der Waals surface area contributed by atoms with E-state index in [2.05, 4.69) is 0 Å². The van der Waals surface area contributed by atoms with Crippen molar-refractivity contribution in [2.24, 2.45) is 5.41 Å². The van der Waals surface area contributed by atoms with E-state index in [4.69, 9.17) is 0 Å². The van der Waals surface area contributed by atoms with Crippen LogP contribution >= 0.6 is 0 Å². The van der Waals surface area contributed by atoms with Crippen LogP contribution in [0.15, 0.2) is 18.2 Å². The molecule has 1 aliphatic rings. The minimum absolute atomic E-state index is 0.223. The van der Waals surface area contributed by atoms with E-state index in [1.807, 2.05) is 13.8 Å². The van der Waals surface area contributed by atoms with Crippen LogP contribution in [0.1, 0.15) is 44.2 Å². The number of benzene rings is 1. The Morgan fingerprint density at radius 3 is 2.21 bits per heavy atom. The SMILES string of the molecule is CC1(C)CCCC1(O)c1ccc(C(F)(F)F)c(F)c1. The Bertz CT molecular complexity index is 493. The quantitative estimate of drug-likeness (QED) is 0.760. The molecule has 0 bridgehead atoms. The number of hydrogen-bond acceptors (Lipinski definition) is 1. The summed E-state index contributed by atoms with van der Waals surface area (Å²) < 4.78 is 51.1. The number of hydrogen-bond donors (Lipinski definition) is 1. The Morgan fingerprint density at radius 1 is 1.16 bits per heavy atom. The number of rotatable bonds is 1. The van der Waals surface area contributed by atoms with Gasteiger partial charge < -0.3 is 5.11 Å². The Labute approximate surface area is 109 Å². The minimum Gasteiger partial charge on any atom is -0.385 e. The maximum Gasteiger partial charge on any atom is 0.419 e. The molecule has 0 radical (unpaired) electrons. The Morgan fingerprint density at radius 2 is 1.79 bits per heavy atom. The third-order valence-electron chi connectivity index (χ3n) is 4.21. The summed E-state index contributed by atoms with van der Waals surface area (Å²) in [6, 6.07) is 2.70. The van der Waals surface area contributed by atoms with Gasteiger partial charge in [-0.05, 0) is 42.4 Å². The molecule has 1 aliphatic carbocycles. The first-order chi connectivity index (χ1) is 8.58. The van der Waals surface area contributed by atoms with Crippen LogP contribution in [-0.2, 0) is 11.8 Å². The zero-order chi connectivity index (χ0) is 14.5. The monoisotopic (exact) mass is 276 g/mol. The highest BCUT2D eigenvalue weighted by Crippen LogP contribution is 2.52. The molecule has 1 N–H and O–H groups in total. The van der Waals surface area contributed by atoms with Gasteiger partial charge in [0.1, 0.15) is 5.82 Å². The van der Waals surface area contributed by atoms with Crippen LogP contribution in [0.3, 0.4) is 0 Å². The van der Waals surface area contributed by atoms with Crippen molar-refractivity contribution in [3.05, 3.63) is 35.1 Å². The van der Waals surface area contributed by atoms with Crippen LogP contribution in [0.2, 0.25) is 0 Å². The minimum atomic E-state index is -4.71. The summed E-state index contributed by atoms with van der Waals surface area (Å²) in [6.07, 6.45) is -2.75. The highest BCUT2D eigenvalue weighted by Gasteiger charge is 2.49. The zero-order valence-electron chi connectivity index (χ0n) is 10.8. The maximum atomic E-state index is 13.6. The summed E-state index contributed by atoms with van der Waals surface area (Å²) in [5, 5.41) is 10.7. The molecule has 1 aromatic rings. The molecule has 1 atom stereocenters. The van der Waals surface area contributed by atoms with Crippen molar-refractivity contribution >= 4 is 0 Å². The predicted octanol–water partition coefficient (Wildman–Crippen LogP) is 4.24. The lowest BCUT2D eigenvalue weighted by Crippen LogP contribution is -2.37. The fraction of sp³-hybridized carbons (Fsp3) is 0.571. The first-order valence-electron chi connectivity index (χ1n) is 6.17. The molecule has 1 aromatic carbocycles. The van der Waals surface area contributed by atoms with Crippen molar-refractivity contribution in [2.45, 2.75) is 44.9 Å². The lowest BCUT2D eigenvalue weighted by atomic mass is 9.73. The lowest BCUT2D eigenvalue weighted by molar-refractivity contribution is -0.140. The molecule has 1 nitrogen and oxygen atoms in total. The molecule has 5 heteroatoms. The highest BCUT2D eigenvalue weighted by atomic mass is 19.4. The van der Waals surface area contributed by atoms with Gasteiger partial charge in [-0.25, -0.2) is 4.39 Å². The van der Waals surface area contributed by atoms with E-state index in [0.29, 0.717) is 12.5 Å². The molecule has 106 valence electrons. The molecule has 19 heavy (non-hydrogen) atoms. The van der Waals surface area contributed by atoms with Gasteiger partial charge in [-0.1, -0.05) is 19.9 Å². The summed E-state index contributed by atoms with van der Waals surface area (Å²) in [4.78, 5) is 0. The van der Waals surface area contributed by atoms with E-state index in [9.17, 15) is 22.7 Å². The van der Waals surface area contributed by atoms with Gasteiger partial charge in [0.15, 0.2) is 0 Å². The summed E-state index contributed by atoms with van der Waals surface area (Å²) in [5.41, 5.74) is -2.81. The van der Waals surface area contributed by atoms with Gasteiger partial charge in [-0.3, -0.25) is 0 Å². The number of halogens is 4. The summed E-state index contributed by atoms with van der Waals surface area (Å²) in [5.74, 6) is -1.33. The van der Waals surface area contributed by atoms with E-state index in [1.54, 1.807) is 0 Å². The van der Waals surface area contributed by atoms with Gasteiger partial charge in [-0.2, -0.15) is 13.2 Å². The second-order valence-corrected chi connectivity index (χ2v) is 5.79. The molecule has 1 fully saturated rings. The van der Waals surface area contributed by atoms with Gasteiger partial charge >= 0.3 is 6.18 Å². The second kappa shape index (κ2) is 4.20. The van der Waals surface area contributed by atoms with Crippen LogP contribution in [0.5, 0.6) is 0 Å².